The van der Waals surface area contributed by atoms with Crippen molar-refractivity contribution in [3.63, 3.8) is 0 Å². The fraction of sp³-hybridized carbons (Fsp3) is 0.333. The van der Waals surface area contributed by atoms with Gasteiger partial charge in [0.2, 0.25) is 0 Å². The Balaban J connectivity index is 2.65. The summed E-state index contributed by atoms with van der Waals surface area (Å²) in [7, 11) is 0. The van der Waals surface area contributed by atoms with Crippen molar-refractivity contribution < 1.29 is 4.79 Å². The Labute approximate surface area is 125 Å². The average molecular weight is 283 g/mol. The van der Waals surface area contributed by atoms with Crippen LogP contribution in [-0.4, -0.2) is 10.4 Å². The fourth-order valence-corrected chi connectivity index (χ4v) is 2.48. The third-order valence-electron chi connectivity index (χ3n) is 3.67. The van der Waals surface area contributed by atoms with Crippen LogP contribution in [0, 0.1) is 0 Å². The van der Waals surface area contributed by atoms with Crippen LogP contribution in [0.2, 0.25) is 0 Å². The van der Waals surface area contributed by atoms with Gasteiger partial charge in [-0.1, -0.05) is 31.2 Å². The molecule has 21 heavy (non-hydrogen) atoms. The first-order valence-electron chi connectivity index (χ1n) is 7.31. The molecule has 0 fully saturated rings. The predicted molar refractivity (Wildman–Crippen MR) is 85.9 cm³/mol. The van der Waals surface area contributed by atoms with Crippen molar-refractivity contribution >= 4 is 5.78 Å². The Morgan fingerprint density at radius 3 is 2.19 bits per heavy atom. The van der Waals surface area contributed by atoms with Gasteiger partial charge in [-0.05, 0) is 50.5 Å². The minimum atomic E-state index is -0.213. The van der Waals surface area contributed by atoms with Gasteiger partial charge in [-0.3, -0.25) is 9.59 Å². The number of Topliss-reactive ketones (excluding diaryl/α,β-unsaturated/α-hetero) is 1. The van der Waals surface area contributed by atoms with Crippen LogP contribution in [0.3, 0.4) is 0 Å². The number of hydrogen-bond donors (Lipinski definition) is 0. The van der Waals surface area contributed by atoms with Crippen LogP contribution in [0.15, 0.2) is 41.2 Å². The smallest absolute Gasteiger partial charge is 0.262 e. The summed E-state index contributed by atoms with van der Waals surface area (Å²) in [5.41, 5.74) is 3.14. The zero-order valence-electron chi connectivity index (χ0n) is 13.0. The number of benzene rings is 1. The van der Waals surface area contributed by atoms with E-state index in [9.17, 15) is 9.59 Å². The van der Waals surface area contributed by atoms with Crippen LogP contribution in [0.5, 0.6) is 0 Å². The highest BCUT2D eigenvalue weighted by molar-refractivity contribution is 5.94. The molecule has 3 nitrogen and oxygen atoms in total. The standard InChI is InChI=1S/C18H21NO2/c1-5-14-6-8-15(9-7-14)17-11-10-16(13(4)20)18(21)19(17)12(2)3/h6-12H,5H2,1-4H3. The minimum Gasteiger partial charge on any atom is -0.305 e. The number of aromatic nitrogens is 1. The molecule has 1 heterocycles. The highest BCUT2D eigenvalue weighted by atomic mass is 16.1. The lowest BCUT2D eigenvalue weighted by Gasteiger charge is -2.17. The van der Waals surface area contributed by atoms with Gasteiger partial charge in [-0.25, -0.2) is 0 Å². The summed E-state index contributed by atoms with van der Waals surface area (Å²) in [6.45, 7) is 7.45. The summed E-state index contributed by atoms with van der Waals surface area (Å²) in [5.74, 6) is -0.192. The summed E-state index contributed by atoms with van der Waals surface area (Å²) in [5, 5.41) is 0. The number of hydrogen-bond acceptors (Lipinski definition) is 2. The van der Waals surface area contributed by atoms with E-state index in [2.05, 4.69) is 19.1 Å². The van der Waals surface area contributed by atoms with Crippen molar-refractivity contribution in [2.45, 2.75) is 40.2 Å². The van der Waals surface area contributed by atoms with Gasteiger partial charge in [0.25, 0.3) is 5.56 Å². The number of carbonyl (C=O) groups excluding carboxylic acids is 1. The third kappa shape index (κ3) is 2.97. The molecule has 0 aliphatic carbocycles. The maximum Gasteiger partial charge on any atom is 0.262 e. The molecule has 0 aliphatic rings. The third-order valence-corrected chi connectivity index (χ3v) is 3.67. The molecule has 1 aromatic carbocycles. The zero-order valence-corrected chi connectivity index (χ0v) is 13.0. The second kappa shape index (κ2) is 6.08. The molecule has 0 radical (unpaired) electrons. The van der Waals surface area contributed by atoms with E-state index >= 15 is 0 Å². The molecule has 110 valence electrons. The first-order valence-corrected chi connectivity index (χ1v) is 7.31. The van der Waals surface area contributed by atoms with Crippen LogP contribution in [0.25, 0.3) is 11.3 Å². The van der Waals surface area contributed by atoms with E-state index in [1.54, 1.807) is 10.6 Å². The highest BCUT2D eigenvalue weighted by Gasteiger charge is 2.15. The Hall–Kier alpha value is -2.16. The summed E-state index contributed by atoms with van der Waals surface area (Å²) in [6.07, 6.45) is 0.987. The quantitative estimate of drug-likeness (QED) is 0.799. The molecular weight excluding hydrogens is 262 g/mol. The van der Waals surface area contributed by atoms with Gasteiger partial charge in [0.1, 0.15) is 0 Å². The van der Waals surface area contributed by atoms with Crippen LogP contribution < -0.4 is 5.56 Å². The molecular formula is C18H21NO2. The second-order valence-electron chi connectivity index (χ2n) is 5.51. The summed E-state index contributed by atoms with van der Waals surface area (Å²) < 4.78 is 1.69. The van der Waals surface area contributed by atoms with Crippen molar-refractivity contribution in [1.82, 2.24) is 4.57 Å². The van der Waals surface area contributed by atoms with Crippen molar-refractivity contribution in [1.29, 1.82) is 0 Å². The lowest BCUT2D eigenvalue weighted by Crippen LogP contribution is -2.28. The number of nitrogens with zero attached hydrogens (tertiary/aromatic N) is 1. The number of rotatable bonds is 4. The molecule has 2 aromatic rings. The van der Waals surface area contributed by atoms with E-state index in [-0.39, 0.29) is 22.9 Å². The average Bonchev–Trinajstić information content (AvgIpc) is 2.46. The summed E-state index contributed by atoms with van der Waals surface area (Å²) in [6, 6.07) is 11.7. The molecule has 0 bridgehead atoms. The van der Waals surface area contributed by atoms with Crippen molar-refractivity contribution in [2.24, 2.45) is 0 Å². The van der Waals surface area contributed by atoms with Crippen LogP contribution in [0.4, 0.5) is 0 Å². The van der Waals surface area contributed by atoms with Gasteiger partial charge in [0.05, 0.1) is 11.3 Å². The number of aryl methyl sites for hydroxylation is 1. The normalized spacial score (nSPS) is 10.9. The molecule has 0 N–H and O–H groups in total. The Bertz CT molecular complexity index is 709. The molecule has 0 saturated carbocycles. The van der Waals surface area contributed by atoms with Gasteiger partial charge < -0.3 is 4.57 Å². The molecule has 0 spiro atoms. The van der Waals surface area contributed by atoms with E-state index in [1.807, 2.05) is 32.0 Å². The van der Waals surface area contributed by atoms with Crippen LogP contribution in [-0.2, 0) is 6.42 Å². The van der Waals surface area contributed by atoms with Gasteiger partial charge in [0, 0.05) is 6.04 Å². The first-order chi connectivity index (χ1) is 9.95. The maximum atomic E-state index is 12.5. The van der Waals surface area contributed by atoms with Crippen molar-refractivity contribution in [2.75, 3.05) is 0 Å². The second-order valence-corrected chi connectivity index (χ2v) is 5.51. The lowest BCUT2D eigenvalue weighted by molar-refractivity contribution is 0.101. The van der Waals surface area contributed by atoms with Gasteiger partial charge in [0.15, 0.2) is 5.78 Å². The molecule has 0 amide bonds. The maximum absolute atomic E-state index is 12.5. The van der Waals surface area contributed by atoms with E-state index < -0.39 is 0 Å². The molecule has 1 aromatic heterocycles. The number of pyridine rings is 1. The SMILES string of the molecule is CCc1ccc(-c2ccc(C(C)=O)c(=O)n2C(C)C)cc1. The molecule has 2 rings (SSSR count). The Morgan fingerprint density at radius 2 is 1.71 bits per heavy atom. The van der Waals surface area contributed by atoms with Gasteiger partial charge in [-0.2, -0.15) is 0 Å². The topological polar surface area (TPSA) is 39.1 Å². The largest absolute Gasteiger partial charge is 0.305 e. The number of ketones is 1. The van der Waals surface area contributed by atoms with E-state index in [0.717, 1.165) is 17.7 Å². The van der Waals surface area contributed by atoms with Crippen LogP contribution in [0.1, 0.15) is 49.7 Å². The molecule has 0 aliphatic heterocycles. The number of carbonyl (C=O) groups is 1. The fourth-order valence-electron chi connectivity index (χ4n) is 2.48. The molecule has 3 heteroatoms. The monoisotopic (exact) mass is 283 g/mol. The lowest BCUT2D eigenvalue weighted by atomic mass is 10.0. The summed E-state index contributed by atoms with van der Waals surface area (Å²) in [4.78, 5) is 24.1. The Morgan fingerprint density at radius 1 is 1.10 bits per heavy atom. The van der Waals surface area contributed by atoms with Gasteiger partial charge >= 0.3 is 0 Å². The van der Waals surface area contributed by atoms with Crippen molar-refractivity contribution in [3.8, 4) is 11.3 Å². The molecule has 0 saturated heterocycles. The molecule has 0 unspecified atom stereocenters. The molecule has 0 atom stereocenters. The predicted octanol–water partition coefficient (Wildman–Crippen LogP) is 3.86. The highest BCUT2D eigenvalue weighted by Crippen LogP contribution is 2.22. The summed E-state index contributed by atoms with van der Waals surface area (Å²) >= 11 is 0. The van der Waals surface area contributed by atoms with Crippen LogP contribution >= 0.6 is 0 Å². The van der Waals surface area contributed by atoms with E-state index in [0.29, 0.717) is 0 Å². The Kier molecular flexibility index (Phi) is 4.41. The first kappa shape index (κ1) is 15.2. The van der Waals surface area contributed by atoms with E-state index in [1.165, 1.54) is 12.5 Å². The zero-order chi connectivity index (χ0) is 15.6. The van der Waals surface area contributed by atoms with E-state index in [4.69, 9.17) is 0 Å². The van der Waals surface area contributed by atoms with Gasteiger partial charge in [-0.15, -0.1) is 0 Å². The minimum absolute atomic E-state index is 0.00217. The van der Waals surface area contributed by atoms with Crippen molar-refractivity contribution in [3.05, 3.63) is 57.9 Å².